The highest BCUT2D eigenvalue weighted by atomic mass is 32.1. The number of rotatable bonds is 4. The van der Waals surface area contributed by atoms with Crippen LogP contribution in [0.3, 0.4) is 0 Å². The number of hydrogen-bond acceptors (Lipinski definition) is 4. The first kappa shape index (κ1) is 12.6. The van der Waals surface area contributed by atoms with E-state index in [4.69, 9.17) is 10.00 Å². The molecule has 0 spiro atoms. The molecular formula is C13H12N2O2S. The lowest BCUT2D eigenvalue weighted by molar-refractivity contribution is 0.186. The minimum absolute atomic E-state index is 0.159. The van der Waals surface area contributed by atoms with Gasteiger partial charge in [-0.05, 0) is 23.6 Å². The molecule has 0 aliphatic rings. The lowest BCUT2D eigenvalue weighted by Crippen LogP contribution is -2.25. The Morgan fingerprint density at radius 3 is 2.89 bits per heavy atom. The lowest BCUT2D eigenvalue weighted by Gasteiger charge is -2.11. The molecule has 0 bridgehead atoms. The van der Waals surface area contributed by atoms with Crippen LogP contribution in [-0.2, 0) is 11.3 Å². The van der Waals surface area contributed by atoms with Crippen molar-refractivity contribution in [2.75, 3.05) is 13.7 Å². The molecule has 5 heteroatoms. The van der Waals surface area contributed by atoms with Gasteiger partial charge in [-0.2, -0.15) is 5.26 Å². The predicted octanol–water partition coefficient (Wildman–Crippen LogP) is 2.09. The molecule has 2 aromatic rings. The molecule has 18 heavy (non-hydrogen) atoms. The SMILES string of the molecule is COCCn1c(-c2cccs2)ccc(C#N)c1=O. The van der Waals surface area contributed by atoms with Gasteiger partial charge >= 0.3 is 0 Å². The monoisotopic (exact) mass is 260 g/mol. The maximum Gasteiger partial charge on any atom is 0.269 e. The summed E-state index contributed by atoms with van der Waals surface area (Å²) in [6.45, 7) is 0.880. The van der Waals surface area contributed by atoms with Crippen molar-refractivity contribution in [2.45, 2.75) is 6.54 Å². The van der Waals surface area contributed by atoms with E-state index in [9.17, 15) is 4.79 Å². The molecule has 0 amide bonds. The Bertz CT molecular complexity index is 623. The van der Waals surface area contributed by atoms with Crippen LogP contribution in [0.5, 0.6) is 0 Å². The van der Waals surface area contributed by atoms with Crippen molar-refractivity contribution in [3.63, 3.8) is 0 Å². The summed E-state index contributed by atoms with van der Waals surface area (Å²) in [6.07, 6.45) is 0. The van der Waals surface area contributed by atoms with Crippen molar-refractivity contribution in [3.8, 4) is 16.6 Å². The largest absolute Gasteiger partial charge is 0.383 e. The zero-order valence-corrected chi connectivity index (χ0v) is 10.7. The van der Waals surface area contributed by atoms with Crippen LogP contribution in [0.15, 0.2) is 34.4 Å². The Balaban J connectivity index is 2.56. The van der Waals surface area contributed by atoms with E-state index >= 15 is 0 Å². The molecule has 0 N–H and O–H groups in total. The van der Waals surface area contributed by atoms with Gasteiger partial charge < -0.3 is 9.30 Å². The molecule has 4 nitrogen and oxygen atoms in total. The van der Waals surface area contributed by atoms with Crippen LogP contribution in [0.4, 0.5) is 0 Å². The van der Waals surface area contributed by atoms with Gasteiger partial charge in [0.1, 0.15) is 11.6 Å². The van der Waals surface area contributed by atoms with Crippen molar-refractivity contribution in [1.29, 1.82) is 5.26 Å². The zero-order chi connectivity index (χ0) is 13.0. The average Bonchev–Trinajstić information content (AvgIpc) is 2.90. The van der Waals surface area contributed by atoms with E-state index < -0.39 is 0 Å². The standard InChI is InChI=1S/C13H12N2O2S/c1-17-7-6-15-11(12-3-2-8-18-12)5-4-10(9-14)13(15)16/h2-5,8H,6-7H2,1H3. The molecule has 0 saturated heterocycles. The molecule has 0 aliphatic carbocycles. The summed E-state index contributed by atoms with van der Waals surface area (Å²) >= 11 is 1.56. The van der Waals surface area contributed by atoms with Gasteiger partial charge in [0.05, 0.1) is 17.2 Å². The Morgan fingerprint density at radius 2 is 2.28 bits per heavy atom. The predicted molar refractivity (Wildman–Crippen MR) is 70.6 cm³/mol. The summed E-state index contributed by atoms with van der Waals surface area (Å²) in [5, 5.41) is 10.9. The van der Waals surface area contributed by atoms with Gasteiger partial charge in [-0.15, -0.1) is 11.3 Å². The Kier molecular flexibility index (Phi) is 3.92. The van der Waals surface area contributed by atoms with Crippen molar-refractivity contribution in [1.82, 2.24) is 4.57 Å². The number of thiophene rings is 1. The van der Waals surface area contributed by atoms with Crippen LogP contribution < -0.4 is 5.56 Å². The van der Waals surface area contributed by atoms with Crippen molar-refractivity contribution in [3.05, 3.63) is 45.6 Å². The second-order valence-corrected chi connectivity index (χ2v) is 4.62. The summed E-state index contributed by atoms with van der Waals surface area (Å²) in [5.74, 6) is 0. The molecule has 0 aliphatic heterocycles. The minimum Gasteiger partial charge on any atom is -0.383 e. The summed E-state index contributed by atoms with van der Waals surface area (Å²) in [6, 6.07) is 9.18. The molecule has 0 unspecified atom stereocenters. The fourth-order valence-electron chi connectivity index (χ4n) is 1.71. The third-order valence-corrected chi connectivity index (χ3v) is 3.48. The van der Waals surface area contributed by atoms with E-state index in [-0.39, 0.29) is 11.1 Å². The van der Waals surface area contributed by atoms with Crippen LogP contribution in [0, 0.1) is 11.3 Å². The van der Waals surface area contributed by atoms with E-state index in [1.807, 2.05) is 23.6 Å². The van der Waals surface area contributed by atoms with Crippen molar-refractivity contribution < 1.29 is 4.74 Å². The molecule has 0 radical (unpaired) electrons. The highest BCUT2D eigenvalue weighted by molar-refractivity contribution is 7.13. The maximum absolute atomic E-state index is 12.1. The number of nitriles is 1. The molecule has 2 aromatic heterocycles. The van der Waals surface area contributed by atoms with Crippen molar-refractivity contribution in [2.24, 2.45) is 0 Å². The van der Waals surface area contributed by atoms with Gasteiger partial charge in [-0.1, -0.05) is 6.07 Å². The van der Waals surface area contributed by atoms with E-state index in [1.54, 1.807) is 35.1 Å². The number of pyridine rings is 1. The molecule has 0 aromatic carbocycles. The Morgan fingerprint density at radius 1 is 1.44 bits per heavy atom. The molecule has 2 heterocycles. The van der Waals surface area contributed by atoms with Crippen molar-refractivity contribution >= 4 is 11.3 Å². The normalized spacial score (nSPS) is 10.2. The lowest BCUT2D eigenvalue weighted by atomic mass is 10.2. The van der Waals surface area contributed by atoms with Gasteiger partial charge in [0.2, 0.25) is 0 Å². The molecular weight excluding hydrogens is 248 g/mol. The van der Waals surface area contributed by atoms with Crippen LogP contribution in [0.1, 0.15) is 5.56 Å². The zero-order valence-electron chi connectivity index (χ0n) is 9.92. The van der Waals surface area contributed by atoms with E-state index in [0.717, 1.165) is 10.6 Å². The smallest absolute Gasteiger partial charge is 0.269 e. The number of ether oxygens (including phenoxy) is 1. The fraction of sp³-hybridized carbons (Fsp3) is 0.231. The van der Waals surface area contributed by atoms with E-state index in [1.165, 1.54) is 0 Å². The minimum atomic E-state index is -0.263. The fourth-order valence-corrected chi connectivity index (χ4v) is 2.47. The molecule has 92 valence electrons. The van der Waals surface area contributed by atoms with Crippen LogP contribution >= 0.6 is 11.3 Å². The van der Waals surface area contributed by atoms with Gasteiger partial charge in [0.25, 0.3) is 5.56 Å². The first-order valence-electron chi connectivity index (χ1n) is 5.44. The molecule has 0 saturated carbocycles. The van der Waals surface area contributed by atoms with Gasteiger partial charge in [-0.25, -0.2) is 0 Å². The average molecular weight is 260 g/mol. The summed E-state index contributed by atoms with van der Waals surface area (Å²) in [5.41, 5.74) is 0.720. The number of nitrogens with zero attached hydrogens (tertiary/aromatic N) is 2. The Labute approximate surface area is 109 Å². The molecule has 0 atom stereocenters. The first-order chi connectivity index (χ1) is 8.77. The number of aromatic nitrogens is 1. The number of hydrogen-bond donors (Lipinski definition) is 0. The van der Waals surface area contributed by atoms with Crippen LogP contribution in [0.2, 0.25) is 0 Å². The summed E-state index contributed by atoms with van der Waals surface area (Å²) in [7, 11) is 1.59. The Hall–Kier alpha value is -1.90. The first-order valence-corrected chi connectivity index (χ1v) is 6.32. The summed E-state index contributed by atoms with van der Waals surface area (Å²) in [4.78, 5) is 13.1. The van der Waals surface area contributed by atoms with E-state index in [2.05, 4.69) is 0 Å². The van der Waals surface area contributed by atoms with Crippen LogP contribution in [-0.4, -0.2) is 18.3 Å². The highest BCUT2D eigenvalue weighted by Crippen LogP contribution is 2.23. The summed E-state index contributed by atoms with van der Waals surface area (Å²) < 4.78 is 6.60. The topological polar surface area (TPSA) is 55.0 Å². The second kappa shape index (κ2) is 5.63. The second-order valence-electron chi connectivity index (χ2n) is 3.67. The van der Waals surface area contributed by atoms with Gasteiger partial charge in [0, 0.05) is 13.7 Å². The quantitative estimate of drug-likeness (QED) is 0.845. The molecule has 0 fully saturated rings. The van der Waals surface area contributed by atoms with Crippen LogP contribution in [0.25, 0.3) is 10.6 Å². The molecule has 2 rings (SSSR count). The third kappa shape index (κ3) is 2.35. The third-order valence-electron chi connectivity index (χ3n) is 2.59. The van der Waals surface area contributed by atoms with E-state index in [0.29, 0.717) is 13.2 Å². The van der Waals surface area contributed by atoms with Gasteiger partial charge in [-0.3, -0.25) is 4.79 Å². The van der Waals surface area contributed by atoms with Gasteiger partial charge in [0.15, 0.2) is 0 Å². The maximum atomic E-state index is 12.1. The highest BCUT2D eigenvalue weighted by Gasteiger charge is 2.10. The number of methoxy groups -OCH3 is 1.